The second kappa shape index (κ2) is 12.0. The molecule has 2 aromatic heterocycles. The fourth-order valence-electron chi connectivity index (χ4n) is 4.26. The number of hydrogen-bond donors (Lipinski definition) is 2. The molecule has 0 radical (unpaired) electrons. The van der Waals surface area contributed by atoms with E-state index in [-0.39, 0.29) is 18.0 Å². The van der Waals surface area contributed by atoms with Gasteiger partial charge in [-0.25, -0.2) is 22.8 Å². The predicted molar refractivity (Wildman–Crippen MR) is 154 cm³/mol. The number of halogens is 3. The predicted octanol–water partition coefficient (Wildman–Crippen LogP) is 6.02. The molecule has 0 unspecified atom stereocenters. The quantitative estimate of drug-likeness (QED) is 0.192. The zero-order chi connectivity index (χ0) is 29.7. The minimum atomic E-state index is -4.55. The maximum Gasteiger partial charge on any atom is 0.416 e. The van der Waals surface area contributed by atoms with Gasteiger partial charge in [-0.2, -0.15) is 18.3 Å². The first-order chi connectivity index (χ1) is 20.1. The van der Waals surface area contributed by atoms with Crippen LogP contribution in [0.1, 0.15) is 5.56 Å². The number of hydrogen-bond acceptors (Lipinski definition) is 6. The van der Waals surface area contributed by atoms with Gasteiger partial charge in [0, 0.05) is 36.6 Å². The van der Waals surface area contributed by atoms with Crippen LogP contribution in [0.5, 0.6) is 5.75 Å². The molecule has 0 aliphatic rings. The van der Waals surface area contributed by atoms with Crippen LogP contribution in [0.25, 0.3) is 28.1 Å². The van der Waals surface area contributed by atoms with E-state index in [1.54, 1.807) is 18.0 Å². The molecule has 0 saturated carbocycles. The van der Waals surface area contributed by atoms with E-state index in [1.165, 1.54) is 0 Å². The molecular weight excluding hydrogens is 567 g/mol. The Hall–Kier alpha value is -4.68. The second-order valence-corrected chi connectivity index (χ2v) is 10.9. The highest BCUT2D eigenvalue weighted by molar-refractivity contribution is 7.89. The monoisotopic (exact) mass is 593 g/mol. The number of aromatic nitrogens is 3. The number of para-hydroxylation sites is 1. The number of nitrogens with zero attached hydrogens (tertiary/aromatic N) is 3. The first kappa shape index (κ1) is 28.8. The summed E-state index contributed by atoms with van der Waals surface area (Å²) in [5.74, 6) is 1.20. The smallest absolute Gasteiger partial charge is 0.416 e. The van der Waals surface area contributed by atoms with Crippen molar-refractivity contribution in [3.8, 4) is 33.8 Å². The van der Waals surface area contributed by atoms with E-state index in [1.807, 2.05) is 72.9 Å². The summed E-state index contributed by atoms with van der Waals surface area (Å²) in [6.45, 7) is 0.165. The summed E-state index contributed by atoms with van der Waals surface area (Å²) >= 11 is 0. The summed E-state index contributed by atoms with van der Waals surface area (Å²) in [6.07, 6.45) is -0.975. The van der Waals surface area contributed by atoms with E-state index in [4.69, 9.17) is 9.84 Å². The van der Waals surface area contributed by atoms with Crippen LogP contribution in [0.15, 0.2) is 108 Å². The van der Waals surface area contributed by atoms with Gasteiger partial charge in [-0.1, -0.05) is 30.3 Å². The molecule has 0 fully saturated rings. The van der Waals surface area contributed by atoms with Crippen LogP contribution in [0, 0.1) is 0 Å². The van der Waals surface area contributed by atoms with Crippen molar-refractivity contribution in [2.75, 3.05) is 25.5 Å². The van der Waals surface area contributed by atoms with Crippen molar-refractivity contribution in [1.29, 1.82) is 0 Å². The molecule has 0 bridgehead atoms. The standard InChI is InChI=1S/C30H26F3N5O3S/c1-41-25-9-5-6-22(18-25)29-27(20-38(37-29)24-7-3-2-4-8-24)21-14-15-34-28(19-21)35-16-17-36-42(39,40)26-12-10-23(11-13-26)30(31,32)33/h2-15,18-20,36H,16-17H2,1H3,(H,34,35). The molecule has 216 valence electrons. The topological polar surface area (TPSA) is 98.1 Å². The van der Waals surface area contributed by atoms with Gasteiger partial charge in [0.1, 0.15) is 17.3 Å². The van der Waals surface area contributed by atoms with Gasteiger partial charge < -0.3 is 10.1 Å². The molecule has 12 heteroatoms. The summed E-state index contributed by atoms with van der Waals surface area (Å²) < 4.78 is 73.0. The Bertz CT molecular complexity index is 1770. The zero-order valence-electron chi connectivity index (χ0n) is 22.3. The molecule has 0 aliphatic heterocycles. The summed E-state index contributed by atoms with van der Waals surface area (Å²) in [6, 6.07) is 24.3. The number of anilines is 1. The molecule has 8 nitrogen and oxygen atoms in total. The molecule has 0 amide bonds. The lowest BCUT2D eigenvalue weighted by Gasteiger charge is -2.11. The third-order valence-corrected chi connectivity index (χ3v) is 7.84. The highest BCUT2D eigenvalue weighted by Crippen LogP contribution is 2.34. The van der Waals surface area contributed by atoms with E-state index in [0.29, 0.717) is 11.6 Å². The Balaban J connectivity index is 1.33. The van der Waals surface area contributed by atoms with Gasteiger partial charge in [-0.3, -0.25) is 0 Å². The largest absolute Gasteiger partial charge is 0.497 e. The van der Waals surface area contributed by atoms with Crippen LogP contribution in [0.4, 0.5) is 19.0 Å². The molecule has 0 saturated heterocycles. The van der Waals surface area contributed by atoms with Crippen LogP contribution < -0.4 is 14.8 Å². The summed E-state index contributed by atoms with van der Waals surface area (Å²) in [7, 11) is -2.39. The van der Waals surface area contributed by atoms with Crippen molar-refractivity contribution >= 4 is 15.8 Å². The van der Waals surface area contributed by atoms with E-state index >= 15 is 0 Å². The molecule has 0 spiro atoms. The Morgan fingerprint density at radius 3 is 2.36 bits per heavy atom. The van der Waals surface area contributed by atoms with Gasteiger partial charge >= 0.3 is 6.18 Å². The van der Waals surface area contributed by atoms with Gasteiger partial charge in [0.05, 0.1) is 23.3 Å². The third kappa shape index (κ3) is 6.61. The van der Waals surface area contributed by atoms with E-state index in [0.717, 1.165) is 52.3 Å². The van der Waals surface area contributed by atoms with Crippen molar-refractivity contribution in [3.63, 3.8) is 0 Å². The Morgan fingerprint density at radius 1 is 0.881 bits per heavy atom. The molecule has 2 N–H and O–H groups in total. The van der Waals surface area contributed by atoms with Crippen molar-refractivity contribution < 1.29 is 26.3 Å². The van der Waals surface area contributed by atoms with Crippen molar-refractivity contribution in [1.82, 2.24) is 19.5 Å². The Morgan fingerprint density at radius 2 is 1.64 bits per heavy atom. The molecular formula is C30H26F3N5O3S. The van der Waals surface area contributed by atoms with Crippen molar-refractivity contribution in [3.05, 3.63) is 109 Å². The average molecular weight is 594 g/mol. The second-order valence-electron chi connectivity index (χ2n) is 9.18. The zero-order valence-corrected chi connectivity index (χ0v) is 23.2. The number of alkyl halides is 3. The number of pyridine rings is 1. The van der Waals surface area contributed by atoms with E-state index in [2.05, 4.69) is 15.0 Å². The summed E-state index contributed by atoms with van der Waals surface area (Å²) in [5.41, 5.74) is 3.25. The Labute approximate surface area is 240 Å². The van der Waals surface area contributed by atoms with Crippen LogP contribution in [0.2, 0.25) is 0 Å². The fraction of sp³-hybridized carbons (Fsp3) is 0.133. The van der Waals surface area contributed by atoms with Gasteiger partial charge in [0.2, 0.25) is 10.0 Å². The number of ether oxygens (including phenoxy) is 1. The number of sulfonamides is 1. The van der Waals surface area contributed by atoms with E-state index < -0.39 is 21.8 Å². The van der Waals surface area contributed by atoms with Gasteiger partial charge in [-0.05, 0) is 66.2 Å². The van der Waals surface area contributed by atoms with Crippen LogP contribution in [-0.2, 0) is 16.2 Å². The molecule has 5 aromatic rings. The molecule has 42 heavy (non-hydrogen) atoms. The van der Waals surface area contributed by atoms with Crippen LogP contribution in [-0.4, -0.2) is 43.4 Å². The lowest BCUT2D eigenvalue weighted by atomic mass is 10.0. The summed E-state index contributed by atoms with van der Waals surface area (Å²) in [5, 5.41) is 7.95. The van der Waals surface area contributed by atoms with Crippen LogP contribution in [0.3, 0.4) is 0 Å². The van der Waals surface area contributed by atoms with Crippen molar-refractivity contribution in [2.24, 2.45) is 0 Å². The minimum absolute atomic E-state index is 0.0176. The first-order valence-corrected chi connectivity index (χ1v) is 14.3. The van der Waals surface area contributed by atoms with Crippen LogP contribution >= 0.6 is 0 Å². The Kier molecular flexibility index (Phi) is 8.27. The van der Waals surface area contributed by atoms with E-state index in [9.17, 15) is 21.6 Å². The number of rotatable bonds is 10. The average Bonchev–Trinajstić information content (AvgIpc) is 3.45. The highest BCUT2D eigenvalue weighted by Gasteiger charge is 2.30. The molecule has 0 atom stereocenters. The van der Waals surface area contributed by atoms with Gasteiger partial charge in [0.25, 0.3) is 0 Å². The first-order valence-electron chi connectivity index (χ1n) is 12.8. The molecule has 5 rings (SSSR count). The number of nitrogens with one attached hydrogen (secondary N) is 2. The van der Waals surface area contributed by atoms with Gasteiger partial charge in [-0.15, -0.1) is 0 Å². The third-order valence-electron chi connectivity index (χ3n) is 6.36. The maximum absolute atomic E-state index is 12.8. The molecule has 3 aromatic carbocycles. The minimum Gasteiger partial charge on any atom is -0.497 e. The lowest BCUT2D eigenvalue weighted by molar-refractivity contribution is -0.137. The van der Waals surface area contributed by atoms with Crippen molar-refractivity contribution in [2.45, 2.75) is 11.1 Å². The fourth-order valence-corrected chi connectivity index (χ4v) is 5.29. The summed E-state index contributed by atoms with van der Waals surface area (Å²) in [4.78, 5) is 4.09. The molecule has 0 aliphatic carbocycles. The highest BCUT2D eigenvalue weighted by atomic mass is 32.2. The SMILES string of the molecule is COc1cccc(-c2nn(-c3ccccc3)cc2-c2ccnc(NCCNS(=O)(=O)c3ccc(C(F)(F)F)cc3)c2)c1. The normalized spacial score (nSPS) is 11.8. The number of benzene rings is 3. The van der Waals surface area contributed by atoms with Gasteiger partial charge in [0.15, 0.2) is 0 Å². The molecule has 2 heterocycles. The maximum atomic E-state index is 12.8. The number of methoxy groups -OCH3 is 1. The lowest BCUT2D eigenvalue weighted by Crippen LogP contribution is -2.29.